The number of fused-ring (bicyclic) bond motifs is 1. The Hall–Kier alpha value is -2.74. The van der Waals surface area contributed by atoms with E-state index < -0.39 is 22.1 Å². The zero-order valence-corrected chi connectivity index (χ0v) is 18.7. The van der Waals surface area contributed by atoms with Gasteiger partial charge in [-0.3, -0.25) is 23.9 Å². The molecule has 0 radical (unpaired) electrons. The molecule has 1 saturated heterocycles. The maximum Gasteiger partial charge on any atom is 0.264 e. The van der Waals surface area contributed by atoms with E-state index >= 15 is 0 Å². The average Bonchev–Trinajstić information content (AvgIpc) is 3.06. The lowest BCUT2D eigenvalue weighted by Crippen LogP contribution is -2.52. The molecule has 2 aliphatic rings. The molecule has 0 aliphatic carbocycles. The number of benzene rings is 1. The number of rotatable bonds is 9. The van der Waals surface area contributed by atoms with Crippen molar-refractivity contribution < 1.29 is 31.7 Å². The van der Waals surface area contributed by atoms with Crippen molar-refractivity contribution in [3.63, 3.8) is 0 Å². The minimum absolute atomic E-state index is 0.173. The normalized spacial score (nSPS) is 18.2. The van der Waals surface area contributed by atoms with Gasteiger partial charge in [0.15, 0.2) is 0 Å². The number of hydrogen-bond acceptors (Lipinski definition) is 7. The number of unbranched alkanes of at least 4 members (excludes halogenated alkanes) is 2. The smallest absolute Gasteiger partial charge is 0.264 e. The van der Waals surface area contributed by atoms with Gasteiger partial charge in [0.2, 0.25) is 11.8 Å². The molecule has 0 bridgehead atoms. The Morgan fingerprint density at radius 3 is 2.69 bits per heavy atom. The van der Waals surface area contributed by atoms with E-state index in [-0.39, 0.29) is 38.0 Å². The fourth-order valence-electron chi connectivity index (χ4n) is 3.65. The molecule has 2 heterocycles. The minimum atomic E-state index is -3.38. The first-order valence-electron chi connectivity index (χ1n) is 10.4. The molecule has 9 nitrogen and oxygen atoms in total. The molecule has 32 heavy (non-hydrogen) atoms. The summed E-state index contributed by atoms with van der Waals surface area (Å²) in [6, 6.07) is 4.65. The van der Waals surface area contributed by atoms with Gasteiger partial charge in [0.05, 0.1) is 12.9 Å². The lowest BCUT2D eigenvalue weighted by molar-refractivity contribution is -0.136. The number of nitrogens with one attached hydrogen (secondary N) is 1. The predicted octanol–water partition coefficient (Wildman–Crippen LogP) is 0.962. The number of carbonyl (C=O) groups is 3. The van der Waals surface area contributed by atoms with Crippen molar-refractivity contribution in [2.75, 3.05) is 26.1 Å². The van der Waals surface area contributed by atoms with Crippen LogP contribution in [0.15, 0.2) is 18.2 Å². The van der Waals surface area contributed by atoms with Gasteiger partial charge >= 0.3 is 0 Å². The van der Waals surface area contributed by atoms with Crippen molar-refractivity contribution in [2.45, 2.75) is 44.7 Å². The second-order valence-corrected chi connectivity index (χ2v) is 9.32. The highest BCUT2D eigenvalue weighted by Gasteiger charge is 2.39. The number of nitrogens with zero attached hydrogens (tertiary/aromatic N) is 1. The van der Waals surface area contributed by atoms with E-state index in [9.17, 15) is 22.8 Å². The van der Waals surface area contributed by atoms with Gasteiger partial charge in [-0.1, -0.05) is 17.9 Å². The van der Waals surface area contributed by atoms with Crippen LogP contribution in [-0.4, -0.2) is 63.2 Å². The van der Waals surface area contributed by atoms with E-state index in [1.807, 2.05) is 6.07 Å². The summed E-state index contributed by atoms with van der Waals surface area (Å²) < 4.78 is 31.9. The fourth-order valence-corrected chi connectivity index (χ4v) is 4.07. The molecule has 1 aromatic carbocycles. The molecular formula is C22H26N2O7S. The van der Waals surface area contributed by atoms with Gasteiger partial charge < -0.3 is 9.64 Å². The van der Waals surface area contributed by atoms with Gasteiger partial charge in [-0.15, -0.1) is 0 Å². The highest BCUT2D eigenvalue weighted by Crippen LogP contribution is 2.29. The van der Waals surface area contributed by atoms with Crippen LogP contribution < -0.4 is 5.32 Å². The molecule has 172 valence electrons. The number of ether oxygens (including phenoxy) is 1. The minimum Gasteiger partial charge on any atom is -0.369 e. The Kier molecular flexibility index (Phi) is 8.01. The van der Waals surface area contributed by atoms with Crippen LogP contribution in [0.25, 0.3) is 0 Å². The van der Waals surface area contributed by atoms with Gasteiger partial charge in [0.25, 0.3) is 16.0 Å². The lowest BCUT2D eigenvalue weighted by Gasteiger charge is -2.29. The molecule has 0 spiro atoms. The highest BCUT2D eigenvalue weighted by molar-refractivity contribution is 7.85. The Labute approximate surface area is 187 Å². The summed E-state index contributed by atoms with van der Waals surface area (Å²) in [5, 5.41) is 2.29. The molecule has 0 saturated carbocycles. The Balaban J connectivity index is 1.47. The molecule has 1 atom stereocenters. The summed E-state index contributed by atoms with van der Waals surface area (Å²) in [7, 11) is -3.38. The summed E-state index contributed by atoms with van der Waals surface area (Å²) in [6.07, 6.45) is 3.75. The van der Waals surface area contributed by atoms with E-state index in [0.29, 0.717) is 30.6 Å². The van der Waals surface area contributed by atoms with Gasteiger partial charge in [-0.2, -0.15) is 8.42 Å². The second kappa shape index (κ2) is 10.7. The van der Waals surface area contributed by atoms with Crippen LogP contribution in [0, 0.1) is 11.8 Å². The largest absolute Gasteiger partial charge is 0.369 e. The summed E-state index contributed by atoms with van der Waals surface area (Å²) >= 11 is 0. The zero-order chi connectivity index (χ0) is 23.1. The van der Waals surface area contributed by atoms with Crippen LogP contribution in [0.4, 0.5) is 0 Å². The van der Waals surface area contributed by atoms with Gasteiger partial charge in [0.1, 0.15) is 12.6 Å². The van der Waals surface area contributed by atoms with Crippen LogP contribution in [0.5, 0.6) is 0 Å². The van der Waals surface area contributed by atoms with Crippen LogP contribution in [0.1, 0.15) is 53.6 Å². The third-order valence-corrected chi connectivity index (χ3v) is 5.80. The van der Waals surface area contributed by atoms with Gasteiger partial charge in [-0.05, 0) is 43.4 Å². The van der Waals surface area contributed by atoms with Crippen LogP contribution in [0.3, 0.4) is 0 Å². The number of piperidine rings is 1. The van der Waals surface area contributed by atoms with Gasteiger partial charge in [0, 0.05) is 30.7 Å². The van der Waals surface area contributed by atoms with Crippen molar-refractivity contribution in [3.8, 4) is 11.8 Å². The van der Waals surface area contributed by atoms with E-state index in [1.165, 1.54) is 4.90 Å². The number of imide groups is 1. The summed E-state index contributed by atoms with van der Waals surface area (Å²) in [5.41, 5.74) is 2.02. The molecule has 1 fully saturated rings. The number of carbonyl (C=O) groups excluding carboxylic acids is 3. The van der Waals surface area contributed by atoms with E-state index in [2.05, 4.69) is 21.3 Å². The third kappa shape index (κ3) is 6.38. The van der Waals surface area contributed by atoms with Crippen molar-refractivity contribution >= 4 is 27.8 Å². The Morgan fingerprint density at radius 2 is 1.94 bits per heavy atom. The topological polar surface area (TPSA) is 119 Å². The van der Waals surface area contributed by atoms with E-state index in [0.717, 1.165) is 24.7 Å². The second-order valence-electron chi connectivity index (χ2n) is 7.67. The summed E-state index contributed by atoms with van der Waals surface area (Å²) in [5.74, 6) is 5.01. The molecule has 0 aromatic heterocycles. The Bertz CT molecular complexity index is 1060. The maximum absolute atomic E-state index is 12.8. The highest BCUT2D eigenvalue weighted by atomic mass is 32.2. The van der Waals surface area contributed by atoms with E-state index in [1.54, 1.807) is 12.1 Å². The van der Waals surface area contributed by atoms with Crippen molar-refractivity contribution in [2.24, 2.45) is 0 Å². The molecule has 1 aromatic rings. The SMILES string of the molecule is CS(=O)(=O)OCCCCCOCC#Cc1cccc2c1CN(C1CCC(=O)NC1=O)C2=O. The molecule has 3 rings (SSSR count). The van der Waals surface area contributed by atoms with E-state index in [4.69, 9.17) is 4.74 Å². The summed E-state index contributed by atoms with van der Waals surface area (Å²) in [6.45, 7) is 1.19. The zero-order valence-electron chi connectivity index (χ0n) is 17.9. The van der Waals surface area contributed by atoms with Crippen LogP contribution >= 0.6 is 0 Å². The van der Waals surface area contributed by atoms with Crippen LogP contribution in [0.2, 0.25) is 0 Å². The quantitative estimate of drug-likeness (QED) is 0.251. The molecule has 1 N–H and O–H groups in total. The summed E-state index contributed by atoms with van der Waals surface area (Å²) in [4.78, 5) is 37.9. The van der Waals surface area contributed by atoms with Gasteiger partial charge in [-0.25, -0.2) is 0 Å². The standard InChI is InChI=1S/C22H26N2O7S/c1-32(28,29)31-14-4-2-3-12-30-13-6-8-16-7-5-9-17-18(16)15-24(22(17)27)19-10-11-20(25)23-21(19)26/h5,7,9,19H,2-4,10-15H2,1H3,(H,23,25,26). The first-order chi connectivity index (χ1) is 15.3. The first kappa shape index (κ1) is 23.9. The number of amides is 3. The van der Waals surface area contributed by atoms with Crippen molar-refractivity contribution in [3.05, 3.63) is 34.9 Å². The molecule has 10 heteroatoms. The molecule has 3 amide bonds. The molecule has 1 unspecified atom stereocenters. The molecule has 2 aliphatic heterocycles. The first-order valence-corrected chi connectivity index (χ1v) is 12.3. The average molecular weight is 463 g/mol. The van der Waals surface area contributed by atoms with Crippen molar-refractivity contribution in [1.29, 1.82) is 0 Å². The fraction of sp³-hybridized carbons (Fsp3) is 0.500. The lowest BCUT2D eigenvalue weighted by atomic mass is 10.0. The Morgan fingerprint density at radius 1 is 1.16 bits per heavy atom. The monoisotopic (exact) mass is 462 g/mol. The van der Waals surface area contributed by atoms with Crippen molar-refractivity contribution in [1.82, 2.24) is 10.2 Å². The number of hydrogen-bond donors (Lipinski definition) is 1. The predicted molar refractivity (Wildman–Crippen MR) is 115 cm³/mol. The third-order valence-electron chi connectivity index (χ3n) is 5.21. The van der Waals surface area contributed by atoms with Crippen LogP contribution in [-0.2, 0) is 35.2 Å². The molecular weight excluding hydrogens is 436 g/mol. The maximum atomic E-state index is 12.8.